The summed E-state index contributed by atoms with van der Waals surface area (Å²) in [4.78, 5) is 3.84. The second-order valence-electron chi connectivity index (χ2n) is 1.56. The lowest BCUT2D eigenvalue weighted by Crippen LogP contribution is -1.96. The second-order valence-corrected chi connectivity index (χ2v) is 1.94. The van der Waals surface area contributed by atoms with Crippen LogP contribution in [0.15, 0.2) is 6.20 Å². The van der Waals surface area contributed by atoms with Gasteiger partial charge in [-0.1, -0.05) is 0 Å². The Balaban J connectivity index is 2.85. The summed E-state index contributed by atoms with van der Waals surface area (Å²) in [5.74, 6) is 0.464. The number of ether oxygens (including phenoxy) is 1. The van der Waals surface area contributed by atoms with Gasteiger partial charge in [-0.25, -0.2) is 0 Å². The summed E-state index contributed by atoms with van der Waals surface area (Å²) < 4.78 is 5.37. The van der Waals surface area contributed by atoms with E-state index in [1.807, 2.05) is 6.92 Å². The molecule has 0 aliphatic carbocycles. The number of hydrogen-bond acceptors (Lipinski definition) is 4. The zero-order valence-corrected chi connectivity index (χ0v) is 6.31. The molecule has 0 amide bonds. The van der Waals surface area contributed by atoms with E-state index < -0.39 is 0 Å². The summed E-state index contributed by atoms with van der Waals surface area (Å²) in [5.41, 5.74) is 0. The normalized spacial score (nSPS) is 9.30. The van der Waals surface area contributed by atoms with E-state index in [9.17, 15) is 0 Å². The van der Waals surface area contributed by atoms with Gasteiger partial charge in [0.1, 0.15) is 6.20 Å². The van der Waals surface area contributed by atoms with E-state index in [0.717, 1.165) is 0 Å². The molecule has 1 rings (SSSR count). The van der Waals surface area contributed by atoms with Crippen LogP contribution in [0, 0.1) is 4.77 Å². The molecule has 1 aromatic rings. The van der Waals surface area contributed by atoms with Crippen LogP contribution in [-0.2, 0) is 0 Å². The molecule has 1 aromatic heterocycles. The molecule has 1 N–H and O–H groups in total. The van der Waals surface area contributed by atoms with Gasteiger partial charge < -0.3 is 4.74 Å². The first-order valence-corrected chi connectivity index (χ1v) is 3.28. The minimum atomic E-state index is 0.339. The number of hydrogen-bond donors (Lipinski definition) is 1. The molecule has 54 valence electrons. The summed E-state index contributed by atoms with van der Waals surface area (Å²) >= 11 is 4.70. The van der Waals surface area contributed by atoms with Crippen molar-refractivity contribution in [2.24, 2.45) is 0 Å². The molecule has 10 heavy (non-hydrogen) atoms. The molecule has 0 saturated heterocycles. The molecule has 0 spiro atoms. The molecule has 0 fully saturated rings. The maximum Gasteiger partial charge on any atom is 0.236 e. The van der Waals surface area contributed by atoms with Crippen LogP contribution in [0.5, 0.6) is 5.88 Å². The number of nitrogens with one attached hydrogen (secondary N) is 1. The predicted octanol–water partition coefficient (Wildman–Crippen LogP) is 0.933. The molecular weight excluding hydrogens is 150 g/mol. The Morgan fingerprint density at radius 2 is 2.60 bits per heavy atom. The number of rotatable bonds is 2. The van der Waals surface area contributed by atoms with Gasteiger partial charge in [-0.15, -0.1) is 0 Å². The Kier molecular flexibility index (Phi) is 2.33. The number of aromatic nitrogens is 3. The van der Waals surface area contributed by atoms with Gasteiger partial charge >= 0.3 is 0 Å². The van der Waals surface area contributed by atoms with E-state index in [0.29, 0.717) is 17.3 Å². The minimum Gasteiger partial charge on any atom is -0.477 e. The summed E-state index contributed by atoms with van der Waals surface area (Å²) in [6.45, 7) is 2.45. The van der Waals surface area contributed by atoms with Gasteiger partial charge in [0.05, 0.1) is 6.61 Å². The Hall–Kier alpha value is -0.970. The largest absolute Gasteiger partial charge is 0.477 e. The highest BCUT2D eigenvalue weighted by Gasteiger charge is 1.90. The topological polar surface area (TPSA) is 50.8 Å². The Bertz CT molecular complexity index is 259. The summed E-state index contributed by atoms with van der Waals surface area (Å²) in [6.07, 6.45) is 1.49. The summed E-state index contributed by atoms with van der Waals surface area (Å²) in [6, 6.07) is 0. The van der Waals surface area contributed by atoms with Crippen molar-refractivity contribution in [2.45, 2.75) is 6.92 Å². The third kappa shape index (κ3) is 1.77. The van der Waals surface area contributed by atoms with Crippen LogP contribution in [0.1, 0.15) is 6.92 Å². The van der Waals surface area contributed by atoms with Crippen molar-refractivity contribution < 1.29 is 4.74 Å². The van der Waals surface area contributed by atoms with E-state index in [-0.39, 0.29) is 0 Å². The first-order valence-electron chi connectivity index (χ1n) is 2.87. The molecule has 0 aliphatic rings. The van der Waals surface area contributed by atoms with Crippen LogP contribution in [0.3, 0.4) is 0 Å². The van der Waals surface area contributed by atoms with Gasteiger partial charge in [-0.05, 0) is 19.1 Å². The van der Waals surface area contributed by atoms with Crippen LogP contribution in [0.4, 0.5) is 0 Å². The molecule has 0 aromatic carbocycles. The predicted molar refractivity (Wildman–Crippen MR) is 38.4 cm³/mol. The highest BCUT2D eigenvalue weighted by molar-refractivity contribution is 7.71. The van der Waals surface area contributed by atoms with Crippen LogP contribution < -0.4 is 4.74 Å². The fourth-order valence-electron chi connectivity index (χ4n) is 0.514. The van der Waals surface area contributed by atoms with E-state index in [1.54, 1.807) is 0 Å². The number of H-pyrrole nitrogens is 1. The third-order valence-corrected chi connectivity index (χ3v) is 1.02. The molecular formula is C5H7N3OS. The van der Waals surface area contributed by atoms with Gasteiger partial charge in [0.2, 0.25) is 10.7 Å². The quantitative estimate of drug-likeness (QED) is 0.649. The molecule has 5 heteroatoms. The summed E-state index contributed by atoms with van der Waals surface area (Å²) in [5, 5.41) is 6.19. The average Bonchev–Trinajstić information content (AvgIpc) is 1.88. The number of nitrogens with zero attached hydrogens (tertiary/aromatic N) is 2. The summed E-state index contributed by atoms with van der Waals surface area (Å²) in [7, 11) is 0. The molecule has 0 radical (unpaired) electrons. The third-order valence-electron chi connectivity index (χ3n) is 0.839. The monoisotopic (exact) mass is 157 g/mol. The van der Waals surface area contributed by atoms with E-state index in [2.05, 4.69) is 15.2 Å². The van der Waals surface area contributed by atoms with Gasteiger partial charge in [0.25, 0.3) is 0 Å². The van der Waals surface area contributed by atoms with Crippen molar-refractivity contribution in [3.05, 3.63) is 11.0 Å². The van der Waals surface area contributed by atoms with Crippen molar-refractivity contribution in [3.8, 4) is 5.88 Å². The van der Waals surface area contributed by atoms with Gasteiger partial charge in [-0.2, -0.15) is 10.1 Å². The van der Waals surface area contributed by atoms with Gasteiger partial charge in [0.15, 0.2) is 0 Å². The average molecular weight is 157 g/mol. The van der Waals surface area contributed by atoms with Crippen molar-refractivity contribution in [2.75, 3.05) is 6.61 Å². The molecule has 0 aliphatic heterocycles. The van der Waals surface area contributed by atoms with E-state index in [1.165, 1.54) is 6.20 Å². The first kappa shape index (κ1) is 7.14. The molecule has 0 unspecified atom stereocenters. The van der Waals surface area contributed by atoms with Crippen molar-refractivity contribution >= 4 is 12.2 Å². The Morgan fingerprint density at radius 1 is 1.80 bits per heavy atom. The molecule has 0 atom stereocenters. The molecule has 0 saturated carbocycles. The molecule has 0 bridgehead atoms. The maximum absolute atomic E-state index is 5.03. The van der Waals surface area contributed by atoms with Crippen molar-refractivity contribution in [1.29, 1.82) is 0 Å². The van der Waals surface area contributed by atoms with Crippen LogP contribution >= 0.6 is 12.2 Å². The lowest BCUT2D eigenvalue weighted by atomic mass is 10.8. The maximum atomic E-state index is 5.03. The second kappa shape index (κ2) is 3.26. The molecule has 1 heterocycles. The van der Waals surface area contributed by atoms with Gasteiger partial charge in [0, 0.05) is 0 Å². The van der Waals surface area contributed by atoms with Crippen molar-refractivity contribution in [1.82, 2.24) is 15.2 Å². The highest BCUT2D eigenvalue weighted by atomic mass is 32.1. The number of aromatic amines is 1. The van der Waals surface area contributed by atoms with Crippen LogP contribution in [0.2, 0.25) is 0 Å². The smallest absolute Gasteiger partial charge is 0.236 e. The van der Waals surface area contributed by atoms with Crippen molar-refractivity contribution in [3.63, 3.8) is 0 Å². The first-order chi connectivity index (χ1) is 4.83. The fraction of sp³-hybridized carbons (Fsp3) is 0.400. The lowest BCUT2D eigenvalue weighted by Gasteiger charge is -1.97. The minimum absolute atomic E-state index is 0.339. The van der Waals surface area contributed by atoms with E-state index >= 15 is 0 Å². The van der Waals surface area contributed by atoms with Gasteiger partial charge in [-0.3, -0.25) is 5.10 Å². The molecule has 4 nitrogen and oxygen atoms in total. The Labute approximate surface area is 63.3 Å². The zero-order chi connectivity index (χ0) is 7.40. The fourth-order valence-corrected chi connectivity index (χ4v) is 0.657. The van der Waals surface area contributed by atoms with Crippen LogP contribution in [0.25, 0.3) is 0 Å². The standard InChI is InChI=1S/C5H7N3OS/c1-2-9-4-3-6-8-5(10)7-4/h3H,2H2,1H3,(H,7,8,10). The van der Waals surface area contributed by atoms with Crippen LogP contribution in [-0.4, -0.2) is 21.8 Å². The lowest BCUT2D eigenvalue weighted by molar-refractivity contribution is 0.323. The zero-order valence-electron chi connectivity index (χ0n) is 5.50. The SMILES string of the molecule is CCOc1cn[nH]c(=S)n1. The Morgan fingerprint density at radius 3 is 3.20 bits per heavy atom. The van der Waals surface area contributed by atoms with E-state index in [4.69, 9.17) is 17.0 Å². The highest BCUT2D eigenvalue weighted by Crippen LogP contribution is 1.98.